The van der Waals surface area contributed by atoms with Gasteiger partial charge in [-0.25, -0.2) is 4.39 Å². The quantitative estimate of drug-likeness (QED) is 0.717. The Hall–Kier alpha value is -0.610. The molecule has 100 valence electrons. The fraction of sp³-hybridized carbons (Fsp3) is 0.462. The lowest BCUT2D eigenvalue weighted by Crippen LogP contribution is -2.33. The van der Waals surface area contributed by atoms with Gasteiger partial charge in [-0.15, -0.1) is 11.6 Å². The van der Waals surface area contributed by atoms with Crippen molar-refractivity contribution in [2.75, 3.05) is 19.0 Å². The van der Waals surface area contributed by atoms with Gasteiger partial charge in [0.15, 0.2) is 0 Å². The molecule has 0 aliphatic rings. The van der Waals surface area contributed by atoms with Gasteiger partial charge in [-0.1, -0.05) is 29.3 Å². The number of halogens is 3. The second-order valence-corrected chi connectivity index (χ2v) is 5.29. The molecule has 1 aromatic carbocycles. The molecule has 0 unspecified atom stereocenters. The highest BCUT2D eigenvalue weighted by Crippen LogP contribution is 2.16. The summed E-state index contributed by atoms with van der Waals surface area (Å²) in [5, 5.41) is 0. The summed E-state index contributed by atoms with van der Waals surface area (Å²) in [5.41, 5.74) is 0.350. The van der Waals surface area contributed by atoms with E-state index in [2.05, 4.69) is 22.9 Å². The van der Waals surface area contributed by atoms with Gasteiger partial charge in [0, 0.05) is 29.0 Å². The van der Waals surface area contributed by atoms with Gasteiger partial charge in [-0.2, -0.15) is 0 Å². The van der Waals surface area contributed by atoms with E-state index in [1.54, 1.807) is 11.0 Å². The third-order valence-electron chi connectivity index (χ3n) is 2.53. The van der Waals surface area contributed by atoms with Crippen molar-refractivity contribution in [3.05, 3.63) is 34.1 Å². The van der Waals surface area contributed by atoms with Crippen LogP contribution in [-0.4, -0.2) is 29.8 Å². The molecule has 0 heterocycles. The molecule has 0 aliphatic heterocycles. The number of rotatable bonds is 6. The van der Waals surface area contributed by atoms with E-state index in [4.69, 9.17) is 11.6 Å². The summed E-state index contributed by atoms with van der Waals surface area (Å²) >= 11 is 8.88. The Labute approximate surface area is 120 Å². The highest BCUT2D eigenvalue weighted by atomic mass is 79.9. The molecule has 0 fully saturated rings. The third-order valence-corrected chi connectivity index (χ3v) is 3.16. The van der Waals surface area contributed by atoms with Crippen LogP contribution in [-0.2, 0) is 0 Å². The first-order valence-corrected chi connectivity index (χ1v) is 7.22. The van der Waals surface area contributed by atoms with E-state index in [-0.39, 0.29) is 5.91 Å². The summed E-state index contributed by atoms with van der Waals surface area (Å²) in [7, 11) is 0. The van der Waals surface area contributed by atoms with E-state index in [0.717, 1.165) is 12.8 Å². The van der Waals surface area contributed by atoms with Gasteiger partial charge < -0.3 is 4.90 Å². The lowest BCUT2D eigenvalue weighted by atomic mass is 10.2. The average molecular weight is 337 g/mol. The molecule has 0 aromatic heterocycles. The fourth-order valence-corrected chi connectivity index (χ4v) is 2.30. The minimum Gasteiger partial charge on any atom is -0.337 e. The molecule has 1 rings (SSSR count). The average Bonchev–Trinajstić information content (AvgIpc) is 2.32. The van der Waals surface area contributed by atoms with Crippen molar-refractivity contribution in [2.24, 2.45) is 0 Å². The largest absolute Gasteiger partial charge is 0.337 e. The van der Waals surface area contributed by atoms with Gasteiger partial charge in [0.2, 0.25) is 0 Å². The van der Waals surface area contributed by atoms with E-state index in [1.807, 2.05) is 0 Å². The Morgan fingerprint density at radius 3 is 2.67 bits per heavy atom. The third kappa shape index (κ3) is 4.58. The Morgan fingerprint density at radius 1 is 1.39 bits per heavy atom. The fourth-order valence-electron chi connectivity index (χ4n) is 1.63. The number of nitrogens with zero attached hydrogens (tertiary/aromatic N) is 1. The van der Waals surface area contributed by atoms with Crippen LogP contribution in [0.3, 0.4) is 0 Å². The zero-order chi connectivity index (χ0) is 13.5. The molecule has 0 N–H and O–H groups in total. The molecule has 0 spiro atoms. The van der Waals surface area contributed by atoms with Crippen LogP contribution in [0.4, 0.5) is 4.39 Å². The molecular weight excluding hydrogens is 321 g/mol. The van der Waals surface area contributed by atoms with E-state index < -0.39 is 5.82 Å². The van der Waals surface area contributed by atoms with Crippen molar-refractivity contribution < 1.29 is 9.18 Å². The van der Waals surface area contributed by atoms with Crippen LogP contribution in [0.5, 0.6) is 0 Å². The number of carbonyl (C=O) groups excluding carboxylic acids is 1. The van der Waals surface area contributed by atoms with Crippen LogP contribution in [0.15, 0.2) is 22.7 Å². The minimum atomic E-state index is -0.422. The first-order valence-electron chi connectivity index (χ1n) is 5.89. The second kappa shape index (κ2) is 7.74. The first-order chi connectivity index (χ1) is 8.58. The Bertz CT molecular complexity index is 394. The van der Waals surface area contributed by atoms with Crippen LogP contribution in [0, 0.1) is 5.82 Å². The standard InChI is InChI=1S/C13H16BrClFNO/c1-2-3-5-17(6-4-15)13(18)10-7-11(14)9-12(16)8-10/h7-9H,2-6H2,1H3. The van der Waals surface area contributed by atoms with E-state index in [1.165, 1.54) is 12.1 Å². The predicted octanol–water partition coefficient (Wildman–Crippen LogP) is 4.07. The Balaban J connectivity index is 2.86. The maximum absolute atomic E-state index is 13.3. The Morgan fingerprint density at radius 2 is 2.11 bits per heavy atom. The highest BCUT2D eigenvalue weighted by molar-refractivity contribution is 9.10. The zero-order valence-corrected chi connectivity index (χ0v) is 12.6. The zero-order valence-electron chi connectivity index (χ0n) is 10.3. The molecule has 0 saturated carbocycles. The number of carbonyl (C=O) groups is 1. The molecule has 1 aromatic rings. The molecule has 0 saturated heterocycles. The summed E-state index contributed by atoms with van der Waals surface area (Å²) in [5.74, 6) is -0.218. The van der Waals surface area contributed by atoms with E-state index in [9.17, 15) is 9.18 Å². The highest BCUT2D eigenvalue weighted by Gasteiger charge is 2.16. The van der Waals surface area contributed by atoms with Crippen molar-refractivity contribution in [2.45, 2.75) is 19.8 Å². The van der Waals surface area contributed by atoms with Gasteiger partial charge in [0.05, 0.1) is 0 Å². The van der Waals surface area contributed by atoms with Crippen molar-refractivity contribution in [3.8, 4) is 0 Å². The number of benzene rings is 1. The lowest BCUT2D eigenvalue weighted by molar-refractivity contribution is 0.0763. The molecule has 0 aliphatic carbocycles. The topological polar surface area (TPSA) is 20.3 Å². The Kier molecular flexibility index (Phi) is 6.65. The van der Waals surface area contributed by atoms with Crippen LogP contribution in [0.2, 0.25) is 0 Å². The number of unbranched alkanes of at least 4 members (excludes halogenated alkanes) is 1. The van der Waals surface area contributed by atoms with Gasteiger partial charge >= 0.3 is 0 Å². The molecular formula is C13H16BrClFNO. The van der Waals surface area contributed by atoms with Gasteiger partial charge in [-0.05, 0) is 24.6 Å². The van der Waals surface area contributed by atoms with Crippen LogP contribution in [0.25, 0.3) is 0 Å². The van der Waals surface area contributed by atoms with Crippen LogP contribution < -0.4 is 0 Å². The van der Waals surface area contributed by atoms with Crippen LogP contribution >= 0.6 is 27.5 Å². The van der Waals surface area contributed by atoms with Crippen LogP contribution in [0.1, 0.15) is 30.1 Å². The molecule has 0 bridgehead atoms. The smallest absolute Gasteiger partial charge is 0.254 e. The van der Waals surface area contributed by atoms with Gasteiger partial charge in [-0.3, -0.25) is 4.79 Å². The normalized spacial score (nSPS) is 10.4. The van der Waals surface area contributed by atoms with Crippen molar-refractivity contribution >= 4 is 33.4 Å². The number of alkyl halides is 1. The molecule has 0 atom stereocenters. The van der Waals surface area contributed by atoms with E-state index in [0.29, 0.717) is 29.0 Å². The lowest BCUT2D eigenvalue weighted by Gasteiger charge is -2.21. The molecule has 5 heteroatoms. The number of hydrogen-bond acceptors (Lipinski definition) is 1. The molecule has 0 radical (unpaired) electrons. The number of amides is 1. The van der Waals surface area contributed by atoms with Crippen molar-refractivity contribution in [1.82, 2.24) is 4.90 Å². The maximum atomic E-state index is 13.3. The SMILES string of the molecule is CCCCN(CCCl)C(=O)c1cc(F)cc(Br)c1. The monoisotopic (exact) mass is 335 g/mol. The predicted molar refractivity (Wildman–Crippen MR) is 75.6 cm³/mol. The number of hydrogen-bond donors (Lipinski definition) is 0. The summed E-state index contributed by atoms with van der Waals surface area (Å²) < 4.78 is 13.8. The second-order valence-electron chi connectivity index (χ2n) is 3.99. The minimum absolute atomic E-state index is 0.177. The van der Waals surface area contributed by atoms with E-state index >= 15 is 0 Å². The van der Waals surface area contributed by atoms with Crippen molar-refractivity contribution in [1.29, 1.82) is 0 Å². The van der Waals surface area contributed by atoms with Gasteiger partial charge in [0.25, 0.3) is 5.91 Å². The maximum Gasteiger partial charge on any atom is 0.254 e. The summed E-state index contributed by atoms with van der Waals surface area (Å²) in [6.45, 7) is 3.19. The molecule has 1 amide bonds. The molecule has 18 heavy (non-hydrogen) atoms. The summed E-state index contributed by atoms with van der Waals surface area (Å²) in [6, 6.07) is 4.20. The summed E-state index contributed by atoms with van der Waals surface area (Å²) in [4.78, 5) is 13.9. The first kappa shape index (κ1) is 15.4. The summed E-state index contributed by atoms with van der Waals surface area (Å²) in [6.07, 6.45) is 1.91. The molecule has 2 nitrogen and oxygen atoms in total. The van der Waals surface area contributed by atoms with Gasteiger partial charge in [0.1, 0.15) is 5.82 Å². The van der Waals surface area contributed by atoms with Crippen molar-refractivity contribution in [3.63, 3.8) is 0 Å².